The van der Waals surface area contributed by atoms with Crippen molar-refractivity contribution < 1.29 is 4.57 Å². The summed E-state index contributed by atoms with van der Waals surface area (Å²) in [6, 6.07) is 38.4. The van der Waals surface area contributed by atoms with Crippen LogP contribution in [0.15, 0.2) is 122 Å². The van der Waals surface area contributed by atoms with Gasteiger partial charge in [-0.25, -0.2) is 0 Å². The number of benzene rings is 4. The quantitative estimate of drug-likeness (QED) is 0.176. The van der Waals surface area contributed by atoms with Crippen LogP contribution in [-0.4, -0.2) is 9.38 Å². The molecule has 1 saturated carbocycles. The van der Waals surface area contributed by atoms with E-state index in [9.17, 15) is 0 Å². The van der Waals surface area contributed by atoms with Crippen LogP contribution in [0, 0.1) is 6.92 Å². The van der Waals surface area contributed by atoms with Crippen LogP contribution in [0.5, 0.6) is 0 Å². The van der Waals surface area contributed by atoms with Crippen molar-refractivity contribution in [2.24, 2.45) is 0 Å². The third kappa shape index (κ3) is 3.98. The van der Waals surface area contributed by atoms with Crippen LogP contribution in [-0.2, 0) is 0 Å². The van der Waals surface area contributed by atoms with Crippen molar-refractivity contribution in [1.29, 1.82) is 0 Å². The van der Waals surface area contributed by atoms with Gasteiger partial charge >= 0.3 is 0 Å². The summed E-state index contributed by atoms with van der Waals surface area (Å²) in [6.07, 6.45) is 7.12. The van der Waals surface area contributed by atoms with Crippen molar-refractivity contribution in [3.8, 4) is 22.5 Å². The fourth-order valence-corrected chi connectivity index (χ4v) is 7.85. The van der Waals surface area contributed by atoms with Crippen molar-refractivity contribution in [3.63, 3.8) is 0 Å². The van der Waals surface area contributed by atoms with Crippen LogP contribution in [0.4, 0.5) is 0 Å². The fourth-order valence-electron chi connectivity index (χ4n) is 7.85. The Morgan fingerprint density at radius 3 is 2.33 bits per heavy atom. The highest BCUT2D eigenvalue weighted by atomic mass is 14.9. The molecule has 0 amide bonds. The van der Waals surface area contributed by atoms with Gasteiger partial charge in [-0.15, -0.1) is 0 Å². The van der Waals surface area contributed by atoms with Crippen LogP contribution in [0.3, 0.4) is 0 Å². The van der Waals surface area contributed by atoms with Crippen LogP contribution >= 0.6 is 0 Å². The van der Waals surface area contributed by atoms with Gasteiger partial charge < -0.3 is 4.40 Å². The number of fused-ring (bicyclic) bond motifs is 6. The van der Waals surface area contributed by atoms with Gasteiger partial charge in [-0.05, 0) is 102 Å². The monoisotopic (exact) mass is 594 g/mol. The van der Waals surface area contributed by atoms with Crippen molar-refractivity contribution in [1.82, 2.24) is 9.38 Å². The standard InChI is InChI=1S/C43H36N3/c1-5-45-19-11-10-15-40(45)35-23-36-38-21-28(26(2)3)20-37-31-14-8-9-16-41(31)46(43(37)38)42(36)24-34(35)33-22-32(33)29-12-6-7-13-30(29)39-18-17-27(4)25-44-39/h5-21,23-26,32-33H,1,22H2,2-4H3/q+1. The third-order valence-corrected chi connectivity index (χ3v) is 10.3. The first-order valence-corrected chi connectivity index (χ1v) is 16.4. The van der Waals surface area contributed by atoms with Gasteiger partial charge in [0.25, 0.3) is 0 Å². The summed E-state index contributed by atoms with van der Waals surface area (Å²) in [4.78, 5) is 4.82. The Hall–Kier alpha value is -5.28. The predicted octanol–water partition coefficient (Wildman–Crippen LogP) is 10.7. The smallest absolute Gasteiger partial charge is 0.218 e. The average molecular weight is 595 g/mol. The largest absolute Gasteiger partial charge is 0.308 e. The van der Waals surface area contributed by atoms with Crippen molar-refractivity contribution in [2.75, 3.05) is 0 Å². The molecular formula is C43H36N3+. The summed E-state index contributed by atoms with van der Waals surface area (Å²) in [5.74, 6) is 1.27. The zero-order chi connectivity index (χ0) is 31.1. The molecule has 2 atom stereocenters. The number of aromatic nitrogens is 3. The van der Waals surface area contributed by atoms with Crippen LogP contribution in [0.2, 0.25) is 0 Å². The number of hydrogen-bond acceptors (Lipinski definition) is 1. The van der Waals surface area contributed by atoms with Gasteiger partial charge in [-0.2, -0.15) is 4.57 Å². The van der Waals surface area contributed by atoms with Gasteiger partial charge in [0.1, 0.15) is 0 Å². The van der Waals surface area contributed by atoms with E-state index in [4.69, 9.17) is 4.98 Å². The molecule has 1 aliphatic rings. The van der Waals surface area contributed by atoms with Gasteiger partial charge in [0.15, 0.2) is 12.4 Å². The zero-order valence-electron chi connectivity index (χ0n) is 26.5. The highest BCUT2D eigenvalue weighted by Crippen LogP contribution is 2.59. The molecule has 1 aliphatic carbocycles. The lowest BCUT2D eigenvalue weighted by molar-refractivity contribution is -0.555. The summed E-state index contributed by atoms with van der Waals surface area (Å²) in [6.45, 7) is 10.9. The summed E-state index contributed by atoms with van der Waals surface area (Å²) in [5, 5.41) is 5.33. The Labute approximate surface area is 269 Å². The molecule has 9 rings (SSSR count). The Bertz CT molecular complexity index is 2460. The molecule has 3 nitrogen and oxygen atoms in total. The summed E-state index contributed by atoms with van der Waals surface area (Å²) in [7, 11) is 0. The number of aryl methyl sites for hydroxylation is 1. The minimum atomic E-state index is 0.401. The molecule has 0 spiro atoms. The van der Waals surface area contributed by atoms with E-state index in [1.165, 1.54) is 77.2 Å². The highest BCUT2D eigenvalue weighted by molar-refractivity contribution is 6.24. The lowest BCUT2D eigenvalue weighted by atomic mass is 9.92. The molecule has 8 aromatic rings. The molecule has 4 aromatic heterocycles. The Kier molecular flexibility index (Phi) is 5.95. The van der Waals surface area contributed by atoms with E-state index in [1.54, 1.807) is 0 Å². The van der Waals surface area contributed by atoms with E-state index in [2.05, 4.69) is 146 Å². The van der Waals surface area contributed by atoms with Crippen molar-refractivity contribution >= 4 is 44.3 Å². The molecular weight excluding hydrogens is 558 g/mol. The number of hydrogen-bond donors (Lipinski definition) is 0. The second-order valence-corrected chi connectivity index (χ2v) is 13.4. The molecule has 222 valence electrons. The molecule has 0 aliphatic heterocycles. The average Bonchev–Trinajstić information content (AvgIpc) is 3.73. The van der Waals surface area contributed by atoms with Crippen LogP contribution in [0.25, 0.3) is 66.8 Å². The Morgan fingerprint density at radius 1 is 0.761 bits per heavy atom. The number of rotatable bonds is 6. The first kappa shape index (κ1) is 27.1. The second kappa shape index (κ2) is 10.1. The van der Waals surface area contributed by atoms with Gasteiger partial charge in [0.2, 0.25) is 5.69 Å². The van der Waals surface area contributed by atoms with E-state index in [1.807, 2.05) is 12.4 Å². The highest BCUT2D eigenvalue weighted by Gasteiger charge is 2.43. The predicted molar refractivity (Wildman–Crippen MR) is 192 cm³/mol. The Balaban J connectivity index is 1.32. The van der Waals surface area contributed by atoms with E-state index in [0.717, 1.165) is 12.1 Å². The summed E-state index contributed by atoms with van der Waals surface area (Å²) in [5.41, 5.74) is 14.0. The number of para-hydroxylation sites is 1. The van der Waals surface area contributed by atoms with E-state index in [0.29, 0.717) is 17.8 Å². The minimum absolute atomic E-state index is 0.401. The third-order valence-electron chi connectivity index (χ3n) is 10.3. The van der Waals surface area contributed by atoms with Gasteiger partial charge in [-0.3, -0.25) is 4.98 Å². The van der Waals surface area contributed by atoms with Crippen LogP contribution < -0.4 is 4.57 Å². The second-order valence-electron chi connectivity index (χ2n) is 13.4. The molecule has 4 aromatic carbocycles. The summed E-state index contributed by atoms with van der Waals surface area (Å²) >= 11 is 0. The van der Waals surface area contributed by atoms with Crippen LogP contribution in [0.1, 0.15) is 60.3 Å². The number of nitrogens with zero attached hydrogens (tertiary/aromatic N) is 3. The zero-order valence-corrected chi connectivity index (χ0v) is 26.5. The van der Waals surface area contributed by atoms with Crippen molar-refractivity contribution in [3.05, 3.63) is 144 Å². The lowest BCUT2D eigenvalue weighted by Gasteiger charge is -2.12. The number of pyridine rings is 2. The lowest BCUT2D eigenvalue weighted by Crippen LogP contribution is -2.28. The van der Waals surface area contributed by atoms with E-state index in [-0.39, 0.29) is 0 Å². The Morgan fingerprint density at radius 2 is 1.52 bits per heavy atom. The molecule has 0 N–H and O–H groups in total. The first-order chi connectivity index (χ1) is 22.5. The minimum Gasteiger partial charge on any atom is -0.308 e. The van der Waals surface area contributed by atoms with Gasteiger partial charge in [-0.1, -0.05) is 62.4 Å². The topological polar surface area (TPSA) is 21.2 Å². The van der Waals surface area contributed by atoms with E-state index < -0.39 is 0 Å². The summed E-state index contributed by atoms with van der Waals surface area (Å²) < 4.78 is 4.69. The maximum Gasteiger partial charge on any atom is 0.218 e. The molecule has 3 heteroatoms. The molecule has 0 bridgehead atoms. The maximum atomic E-state index is 4.82. The molecule has 0 radical (unpaired) electrons. The molecule has 1 fully saturated rings. The fraction of sp³-hybridized carbons (Fsp3) is 0.163. The molecule has 2 unspecified atom stereocenters. The molecule has 4 heterocycles. The van der Waals surface area contributed by atoms with Gasteiger partial charge in [0.05, 0.1) is 27.8 Å². The maximum absolute atomic E-state index is 4.82. The van der Waals surface area contributed by atoms with Crippen molar-refractivity contribution in [2.45, 2.75) is 44.9 Å². The van der Waals surface area contributed by atoms with Gasteiger partial charge in [0, 0.05) is 45.4 Å². The first-order valence-electron chi connectivity index (χ1n) is 16.4. The van der Waals surface area contributed by atoms with E-state index >= 15 is 0 Å². The SMILES string of the molecule is C=C[n+]1ccccc1-c1cc2c3cc(C(C)C)cc4c5ccccc5n(c2cc1C1CC1c1ccccc1-c1ccc(C)cn1)c43. The molecule has 0 saturated heterocycles. The normalized spacial score (nSPS) is 16.3. The molecule has 46 heavy (non-hydrogen) atoms.